The van der Waals surface area contributed by atoms with Crippen LogP contribution >= 0.6 is 0 Å². The Balaban J connectivity index is 4.65. The Labute approximate surface area is 153 Å². The molecule has 0 aromatic heterocycles. The Morgan fingerprint density at radius 1 is 0.760 bits per heavy atom. The van der Waals surface area contributed by atoms with E-state index in [0.717, 1.165) is 6.42 Å². The molecule has 0 aliphatic carbocycles. The number of hydrogen-bond acceptors (Lipinski definition) is 6. The van der Waals surface area contributed by atoms with Crippen molar-refractivity contribution in [2.75, 3.05) is 27.4 Å². The molecule has 0 amide bonds. The normalized spacial score (nSPS) is 21.8. The highest BCUT2D eigenvalue weighted by Gasteiger charge is 2.32. The number of aliphatic hydroxyl groups is 4. The van der Waals surface area contributed by atoms with Crippen molar-refractivity contribution in [2.45, 2.75) is 71.4 Å². The van der Waals surface area contributed by atoms with E-state index in [1.165, 1.54) is 0 Å². The zero-order valence-electron chi connectivity index (χ0n) is 16.8. The lowest BCUT2D eigenvalue weighted by Crippen LogP contribution is -2.40. The molecule has 25 heavy (non-hydrogen) atoms. The van der Waals surface area contributed by atoms with Crippen molar-refractivity contribution >= 4 is 0 Å². The van der Waals surface area contributed by atoms with Crippen molar-refractivity contribution in [3.05, 3.63) is 0 Å². The highest BCUT2D eigenvalue weighted by atomic mass is 16.5. The molecular weight excluding hydrogens is 324 g/mol. The largest absolute Gasteiger partial charge is 0.396 e. The summed E-state index contributed by atoms with van der Waals surface area (Å²) in [4.78, 5) is 0. The van der Waals surface area contributed by atoms with E-state index in [-0.39, 0.29) is 49.1 Å². The van der Waals surface area contributed by atoms with Crippen LogP contribution in [0.5, 0.6) is 0 Å². The molecule has 0 rings (SSSR count). The Kier molecular flexibility index (Phi) is 12.9. The molecule has 0 aliphatic heterocycles. The second-order valence-corrected chi connectivity index (χ2v) is 7.48. The van der Waals surface area contributed by atoms with Gasteiger partial charge >= 0.3 is 0 Å². The molecule has 0 bridgehead atoms. The maximum atomic E-state index is 10.4. The molecule has 0 aromatic rings. The van der Waals surface area contributed by atoms with Crippen LogP contribution in [-0.4, -0.2) is 72.3 Å². The summed E-state index contributed by atoms with van der Waals surface area (Å²) in [5.41, 5.74) is 0. The number of rotatable bonds is 14. The van der Waals surface area contributed by atoms with Crippen molar-refractivity contribution in [3.8, 4) is 0 Å². The standard InChI is InChI=1S/C19H40O6/c1-12(19(25-6)15(4)18(23)13(2)11-21)7-8-16(22)14(3)17(24-5)9-10-20/h12-23H,7-11H2,1-6H3/t12-,13-,14-,15+,16?,17+,18-,19-/m0/s1. The van der Waals surface area contributed by atoms with E-state index >= 15 is 0 Å². The molecule has 0 fully saturated rings. The van der Waals surface area contributed by atoms with E-state index in [1.807, 2.05) is 20.8 Å². The maximum absolute atomic E-state index is 10.4. The van der Waals surface area contributed by atoms with Gasteiger partial charge in [-0.15, -0.1) is 0 Å². The average Bonchev–Trinajstić information content (AvgIpc) is 2.62. The summed E-state index contributed by atoms with van der Waals surface area (Å²) >= 11 is 0. The summed E-state index contributed by atoms with van der Waals surface area (Å²) < 4.78 is 11.0. The summed E-state index contributed by atoms with van der Waals surface area (Å²) in [6, 6.07) is 0. The predicted octanol–water partition coefficient (Wildman–Crippen LogP) is 1.44. The third kappa shape index (κ3) is 7.89. The van der Waals surface area contributed by atoms with Gasteiger partial charge in [0.25, 0.3) is 0 Å². The van der Waals surface area contributed by atoms with Crippen molar-refractivity contribution in [3.63, 3.8) is 0 Å². The van der Waals surface area contributed by atoms with E-state index in [9.17, 15) is 15.3 Å². The summed E-state index contributed by atoms with van der Waals surface area (Å²) in [6.07, 6.45) is 0.391. The monoisotopic (exact) mass is 364 g/mol. The summed E-state index contributed by atoms with van der Waals surface area (Å²) in [7, 11) is 3.23. The second-order valence-electron chi connectivity index (χ2n) is 7.48. The zero-order chi connectivity index (χ0) is 19.6. The fourth-order valence-corrected chi connectivity index (χ4v) is 3.62. The van der Waals surface area contributed by atoms with Gasteiger partial charge in [-0.2, -0.15) is 0 Å². The number of methoxy groups -OCH3 is 2. The van der Waals surface area contributed by atoms with Gasteiger partial charge in [0.1, 0.15) is 0 Å². The fraction of sp³-hybridized carbons (Fsp3) is 1.00. The van der Waals surface area contributed by atoms with Gasteiger partial charge in [0.2, 0.25) is 0 Å². The topological polar surface area (TPSA) is 99.4 Å². The molecule has 0 aliphatic rings. The number of hydrogen-bond donors (Lipinski definition) is 4. The second kappa shape index (κ2) is 13.0. The lowest BCUT2D eigenvalue weighted by Gasteiger charge is -2.34. The molecule has 0 spiro atoms. The molecule has 6 nitrogen and oxygen atoms in total. The minimum absolute atomic E-state index is 0.0379. The van der Waals surface area contributed by atoms with E-state index < -0.39 is 12.2 Å². The molecule has 0 aromatic carbocycles. The summed E-state index contributed by atoms with van der Waals surface area (Å²) in [5.74, 6) is -0.228. The molecule has 4 N–H and O–H groups in total. The smallest absolute Gasteiger partial charge is 0.0647 e. The van der Waals surface area contributed by atoms with Crippen LogP contribution in [0.2, 0.25) is 0 Å². The Morgan fingerprint density at radius 3 is 1.80 bits per heavy atom. The summed E-state index contributed by atoms with van der Waals surface area (Å²) in [5, 5.41) is 39.1. The van der Waals surface area contributed by atoms with Gasteiger partial charge in [0, 0.05) is 45.2 Å². The van der Waals surface area contributed by atoms with Crippen LogP contribution in [0.3, 0.4) is 0 Å². The Hall–Kier alpha value is -0.240. The lowest BCUT2D eigenvalue weighted by atomic mass is 9.81. The molecule has 0 saturated carbocycles. The molecule has 0 radical (unpaired) electrons. The minimum Gasteiger partial charge on any atom is -0.396 e. The first kappa shape index (κ1) is 24.8. The molecule has 0 heterocycles. The van der Waals surface area contributed by atoms with Crippen molar-refractivity contribution in [1.29, 1.82) is 0 Å². The number of ether oxygens (including phenoxy) is 2. The van der Waals surface area contributed by atoms with Crippen LogP contribution in [0.25, 0.3) is 0 Å². The lowest BCUT2D eigenvalue weighted by molar-refractivity contribution is -0.0634. The van der Waals surface area contributed by atoms with Crippen molar-refractivity contribution in [1.82, 2.24) is 0 Å². The van der Waals surface area contributed by atoms with Crippen LogP contribution in [0, 0.1) is 23.7 Å². The molecule has 152 valence electrons. The van der Waals surface area contributed by atoms with E-state index in [4.69, 9.17) is 14.6 Å². The fourth-order valence-electron chi connectivity index (χ4n) is 3.62. The molecular formula is C19H40O6. The first-order valence-corrected chi connectivity index (χ1v) is 9.38. The van der Waals surface area contributed by atoms with Gasteiger partial charge < -0.3 is 29.9 Å². The van der Waals surface area contributed by atoms with Crippen LogP contribution in [0.1, 0.15) is 47.0 Å². The predicted molar refractivity (Wildman–Crippen MR) is 98.3 cm³/mol. The highest BCUT2D eigenvalue weighted by molar-refractivity contribution is 4.82. The third-order valence-corrected chi connectivity index (χ3v) is 5.59. The third-order valence-electron chi connectivity index (χ3n) is 5.59. The quantitative estimate of drug-likeness (QED) is 0.372. The average molecular weight is 365 g/mol. The van der Waals surface area contributed by atoms with Crippen molar-refractivity contribution < 1.29 is 29.9 Å². The Bertz CT molecular complexity index is 327. The molecule has 8 atom stereocenters. The van der Waals surface area contributed by atoms with Crippen LogP contribution in [-0.2, 0) is 9.47 Å². The van der Waals surface area contributed by atoms with Crippen LogP contribution in [0.15, 0.2) is 0 Å². The Morgan fingerprint density at radius 2 is 1.36 bits per heavy atom. The van der Waals surface area contributed by atoms with Crippen LogP contribution < -0.4 is 0 Å². The number of aliphatic hydroxyl groups excluding tert-OH is 4. The molecule has 6 heteroatoms. The molecule has 0 saturated heterocycles. The zero-order valence-corrected chi connectivity index (χ0v) is 16.8. The van der Waals surface area contributed by atoms with E-state index in [0.29, 0.717) is 12.8 Å². The van der Waals surface area contributed by atoms with E-state index in [2.05, 4.69) is 6.92 Å². The maximum Gasteiger partial charge on any atom is 0.0647 e. The van der Waals surface area contributed by atoms with Crippen molar-refractivity contribution in [2.24, 2.45) is 23.7 Å². The van der Waals surface area contributed by atoms with Gasteiger partial charge in [-0.25, -0.2) is 0 Å². The minimum atomic E-state index is -0.635. The molecule has 1 unspecified atom stereocenters. The SMILES string of the molecule is CO[C@H]([C@H](C)[C@@H](O)[C@@H](C)CO)[C@@H](C)CCC(O)[C@H](C)[C@@H](CCO)OC. The van der Waals surface area contributed by atoms with Gasteiger partial charge in [0.15, 0.2) is 0 Å². The van der Waals surface area contributed by atoms with Gasteiger partial charge in [-0.1, -0.05) is 27.7 Å². The first-order chi connectivity index (χ1) is 11.7. The van der Waals surface area contributed by atoms with Crippen LogP contribution in [0.4, 0.5) is 0 Å². The van der Waals surface area contributed by atoms with E-state index in [1.54, 1.807) is 14.2 Å². The van der Waals surface area contributed by atoms with Gasteiger partial charge in [0.05, 0.1) is 24.4 Å². The summed E-state index contributed by atoms with van der Waals surface area (Å²) in [6.45, 7) is 7.72. The highest BCUT2D eigenvalue weighted by Crippen LogP contribution is 2.28. The van der Waals surface area contributed by atoms with Gasteiger partial charge in [-0.05, 0) is 25.2 Å². The van der Waals surface area contributed by atoms with Gasteiger partial charge in [-0.3, -0.25) is 0 Å². The first-order valence-electron chi connectivity index (χ1n) is 9.38.